The Kier molecular flexibility index (Phi) is 7.73. The molecule has 49 heavy (non-hydrogen) atoms. The zero-order valence-corrected chi connectivity index (χ0v) is 27.5. The van der Waals surface area contributed by atoms with Crippen LogP contribution in [0.3, 0.4) is 0 Å². The molecule has 1 fully saturated rings. The molecule has 1 saturated heterocycles. The van der Waals surface area contributed by atoms with Gasteiger partial charge in [-0.25, -0.2) is 18.6 Å². The Labute approximate surface area is 279 Å². The first-order valence-corrected chi connectivity index (χ1v) is 16.2. The lowest BCUT2D eigenvalue weighted by molar-refractivity contribution is -0.386. The van der Waals surface area contributed by atoms with Crippen molar-refractivity contribution >= 4 is 22.6 Å². The van der Waals surface area contributed by atoms with Crippen molar-refractivity contribution in [1.82, 2.24) is 9.55 Å². The number of halogens is 2. The summed E-state index contributed by atoms with van der Waals surface area (Å²) >= 11 is 0. The maximum Gasteiger partial charge on any atom is 0.343 e. The van der Waals surface area contributed by atoms with Gasteiger partial charge in [0.15, 0.2) is 11.4 Å². The van der Waals surface area contributed by atoms with Gasteiger partial charge in [0, 0.05) is 41.0 Å². The second-order valence-corrected chi connectivity index (χ2v) is 13.3. The molecule has 0 saturated carbocycles. The topological polar surface area (TPSA) is 143 Å². The van der Waals surface area contributed by atoms with Crippen molar-refractivity contribution in [2.24, 2.45) is 0 Å². The third-order valence-electron chi connectivity index (χ3n) is 10.2. The first-order chi connectivity index (χ1) is 23.2. The molecule has 0 aliphatic carbocycles. The monoisotopic (exact) mass is 675 g/mol. The van der Waals surface area contributed by atoms with E-state index in [-0.39, 0.29) is 83.7 Å². The van der Waals surface area contributed by atoms with Crippen LogP contribution in [0.2, 0.25) is 0 Å². The highest BCUT2D eigenvalue weighted by atomic mass is 19.3. The predicted octanol–water partition coefficient (Wildman–Crippen LogP) is 6.37. The molecule has 4 aromatic rings. The molecule has 0 radical (unpaired) electrons. The van der Waals surface area contributed by atoms with Crippen LogP contribution in [0.4, 0.5) is 14.5 Å². The zero-order valence-electron chi connectivity index (χ0n) is 27.5. The predicted molar refractivity (Wildman–Crippen MR) is 173 cm³/mol. The van der Waals surface area contributed by atoms with Gasteiger partial charge in [0.1, 0.15) is 12.7 Å². The van der Waals surface area contributed by atoms with Crippen molar-refractivity contribution in [3.8, 4) is 11.4 Å². The lowest BCUT2D eigenvalue weighted by Crippen LogP contribution is -2.44. The van der Waals surface area contributed by atoms with Crippen molar-refractivity contribution in [1.29, 1.82) is 0 Å². The lowest BCUT2D eigenvalue weighted by Gasteiger charge is -2.31. The molecule has 0 spiro atoms. The number of alkyl halides is 2. The number of hydrogen-bond acceptors (Lipinski definition) is 9. The van der Waals surface area contributed by atoms with E-state index < -0.39 is 46.3 Å². The molecule has 2 aromatic carbocycles. The molecule has 13 heteroatoms. The van der Waals surface area contributed by atoms with Crippen molar-refractivity contribution in [3.63, 3.8) is 0 Å². The van der Waals surface area contributed by atoms with E-state index in [1.54, 1.807) is 51.1 Å². The van der Waals surface area contributed by atoms with E-state index in [0.29, 0.717) is 11.1 Å². The number of nitro benzene ring substituents is 1. The maximum atomic E-state index is 16.6. The van der Waals surface area contributed by atoms with Crippen LogP contribution >= 0.6 is 0 Å². The van der Waals surface area contributed by atoms with Crippen LogP contribution in [0.25, 0.3) is 22.3 Å². The Morgan fingerprint density at radius 1 is 1.14 bits per heavy atom. The average Bonchev–Trinajstić information content (AvgIpc) is 3.63. The second kappa shape index (κ2) is 11.5. The highest BCUT2D eigenvalue weighted by Gasteiger charge is 2.47. The summed E-state index contributed by atoms with van der Waals surface area (Å²) in [5.41, 5.74) is 0.265. The van der Waals surface area contributed by atoms with Gasteiger partial charge in [-0.2, -0.15) is 0 Å². The van der Waals surface area contributed by atoms with Crippen LogP contribution in [-0.2, 0) is 43.7 Å². The number of nitrogens with zero attached hydrogens (tertiary/aromatic N) is 3. The molecule has 256 valence electrons. The van der Waals surface area contributed by atoms with E-state index in [1.165, 1.54) is 16.7 Å². The Balaban J connectivity index is 1.19. The van der Waals surface area contributed by atoms with Gasteiger partial charge in [0.25, 0.3) is 17.2 Å². The van der Waals surface area contributed by atoms with Crippen LogP contribution in [0.5, 0.6) is 0 Å². The number of cyclic esters (lactones) is 1. The first kappa shape index (κ1) is 32.9. The van der Waals surface area contributed by atoms with E-state index in [2.05, 4.69) is 0 Å². The highest BCUT2D eigenvalue weighted by Crippen LogP contribution is 2.47. The van der Waals surface area contributed by atoms with E-state index in [4.69, 9.17) is 19.2 Å². The van der Waals surface area contributed by atoms with Crippen LogP contribution in [0, 0.1) is 24.0 Å². The minimum Gasteiger partial charge on any atom is -0.458 e. The molecule has 3 aliphatic heterocycles. The van der Waals surface area contributed by atoms with Gasteiger partial charge in [0.2, 0.25) is 0 Å². The van der Waals surface area contributed by atoms with Crippen molar-refractivity contribution in [2.45, 2.75) is 89.9 Å². The van der Waals surface area contributed by atoms with Gasteiger partial charge in [-0.1, -0.05) is 25.1 Å². The smallest absolute Gasteiger partial charge is 0.343 e. The number of aromatic nitrogens is 2. The number of ether oxygens (including phenoxy) is 3. The van der Waals surface area contributed by atoms with Gasteiger partial charge >= 0.3 is 5.97 Å². The quantitative estimate of drug-likeness (QED) is 0.113. The zero-order chi connectivity index (χ0) is 35.0. The number of benzene rings is 2. The number of pyridine rings is 2. The van der Waals surface area contributed by atoms with E-state index >= 15 is 8.78 Å². The third-order valence-corrected chi connectivity index (χ3v) is 10.2. The maximum absolute atomic E-state index is 16.6. The molecule has 7 rings (SSSR count). The Bertz CT molecular complexity index is 2130. The summed E-state index contributed by atoms with van der Waals surface area (Å²) in [4.78, 5) is 42.3. The fourth-order valence-corrected chi connectivity index (χ4v) is 7.35. The molecule has 5 heterocycles. The van der Waals surface area contributed by atoms with Crippen LogP contribution < -0.4 is 5.56 Å². The molecule has 0 amide bonds. The van der Waals surface area contributed by atoms with E-state index in [0.717, 1.165) is 11.1 Å². The van der Waals surface area contributed by atoms with E-state index in [9.17, 15) is 24.8 Å². The molecule has 1 N–H and O–H groups in total. The van der Waals surface area contributed by atoms with Gasteiger partial charge in [-0.3, -0.25) is 14.9 Å². The van der Waals surface area contributed by atoms with Crippen LogP contribution in [0.1, 0.15) is 84.6 Å². The molecular formula is C36H35F2N3O8. The fraction of sp³-hybridized carbons (Fsp3) is 0.417. The number of esters is 1. The fourth-order valence-electron chi connectivity index (χ4n) is 7.35. The number of fused-ring (bicyclic) bond motifs is 5. The minimum atomic E-state index is -3.37. The molecule has 3 aliphatic rings. The Morgan fingerprint density at radius 3 is 2.61 bits per heavy atom. The summed E-state index contributed by atoms with van der Waals surface area (Å²) in [5.74, 6) is -5.48. The van der Waals surface area contributed by atoms with Crippen LogP contribution in [-0.4, -0.2) is 37.9 Å². The van der Waals surface area contributed by atoms with Crippen LogP contribution in [0.15, 0.2) is 47.3 Å². The Hall–Kier alpha value is -4.59. The number of carbonyl (C=O) groups is 1. The molecular weight excluding hydrogens is 640 g/mol. The number of aryl methyl sites for hydroxylation is 2. The standard InChI is InChI=1S/C36H35F2N3O8/c1-5-35(44)25-15-28-31-23(16-40(28)32(42)24(25)17-47-33(35)43)30(21-9-6-7-10-26(21)39-31)36(37,38)12-8-11-34(4)48-18-29(49-34)22-13-19(2)20(3)14-27(22)41(45)46/h6-7,9-10,13-15,29,44H,5,8,11-12,16-18H2,1-4H3. The SMILES string of the molecule is CCC1(O)C(=O)OCc2c1cc1n(c2=O)Cc2c-1nc1ccccc1c2C(F)(F)CCCC1(C)OCC(c2cc(C)c(C)cc2[N+](=O)[O-])O1. The van der Waals surface area contributed by atoms with Gasteiger partial charge < -0.3 is 23.9 Å². The molecule has 3 atom stereocenters. The summed E-state index contributed by atoms with van der Waals surface area (Å²) < 4.78 is 51.7. The molecule has 0 bridgehead atoms. The van der Waals surface area contributed by atoms with Crippen molar-refractivity contribution in [3.05, 3.63) is 102 Å². The number of para-hydroxylation sites is 1. The summed E-state index contributed by atoms with van der Waals surface area (Å²) in [5, 5.41) is 23.2. The van der Waals surface area contributed by atoms with Gasteiger partial charge in [-0.05, 0) is 62.9 Å². The number of hydrogen-bond donors (Lipinski definition) is 1. The number of rotatable bonds is 8. The molecule has 2 aromatic heterocycles. The summed E-state index contributed by atoms with van der Waals surface area (Å²) in [6.45, 7) is 6.42. The average molecular weight is 676 g/mol. The van der Waals surface area contributed by atoms with Gasteiger partial charge in [0.05, 0.1) is 46.1 Å². The van der Waals surface area contributed by atoms with Crippen molar-refractivity contribution < 1.29 is 37.8 Å². The largest absolute Gasteiger partial charge is 0.458 e. The summed E-state index contributed by atoms with van der Waals surface area (Å²) in [6, 6.07) is 11.3. The lowest BCUT2D eigenvalue weighted by atomic mass is 9.86. The summed E-state index contributed by atoms with van der Waals surface area (Å²) in [7, 11) is 0. The molecule has 11 nitrogen and oxygen atoms in total. The first-order valence-electron chi connectivity index (χ1n) is 16.2. The number of carbonyl (C=O) groups excluding carboxylic acids is 1. The van der Waals surface area contributed by atoms with Crippen molar-refractivity contribution in [2.75, 3.05) is 6.61 Å². The number of nitro groups is 1. The normalized spacial score (nSPS) is 22.9. The third kappa shape index (κ3) is 5.22. The summed E-state index contributed by atoms with van der Waals surface area (Å²) in [6.07, 6.45) is -1.27. The Morgan fingerprint density at radius 2 is 1.88 bits per heavy atom. The van der Waals surface area contributed by atoms with E-state index in [1.807, 2.05) is 6.92 Å². The minimum absolute atomic E-state index is 0.0131. The van der Waals surface area contributed by atoms with Gasteiger partial charge in [-0.15, -0.1) is 0 Å². The second-order valence-electron chi connectivity index (χ2n) is 13.3. The highest BCUT2D eigenvalue weighted by molar-refractivity contribution is 5.89. The number of aliphatic hydroxyl groups is 1. The molecule has 3 unspecified atom stereocenters.